The lowest BCUT2D eigenvalue weighted by molar-refractivity contribution is -0.137. The molecule has 0 spiro atoms. The van der Waals surface area contributed by atoms with Crippen molar-refractivity contribution in [1.82, 2.24) is 24.6 Å². The van der Waals surface area contributed by atoms with E-state index in [1.165, 1.54) is 16.6 Å². The van der Waals surface area contributed by atoms with Crippen LogP contribution in [0.1, 0.15) is 16.8 Å². The fourth-order valence-electron chi connectivity index (χ4n) is 2.93. The van der Waals surface area contributed by atoms with Crippen molar-refractivity contribution < 1.29 is 13.2 Å². The number of aryl methyl sites for hydroxylation is 1. The molecular formula is C19H15F3N6. The Kier molecular flexibility index (Phi) is 4.42. The second-order valence-electron chi connectivity index (χ2n) is 6.19. The zero-order valence-electron chi connectivity index (χ0n) is 14.8. The van der Waals surface area contributed by atoms with Crippen LogP contribution in [0.2, 0.25) is 0 Å². The number of rotatable bonds is 4. The first-order valence-electron chi connectivity index (χ1n) is 8.44. The van der Waals surface area contributed by atoms with Gasteiger partial charge in [0.1, 0.15) is 5.82 Å². The first-order chi connectivity index (χ1) is 13.4. The molecule has 0 bridgehead atoms. The van der Waals surface area contributed by atoms with E-state index in [2.05, 4.69) is 25.4 Å². The van der Waals surface area contributed by atoms with Gasteiger partial charge in [0.05, 0.1) is 35.9 Å². The van der Waals surface area contributed by atoms with E-state index in [0.29, 0.717) is 23.7 Å². The summed E-state index contributed by atoms with van der Waals surface area (Å²) < 4.78 is 41.7. The van der Waals surface area contributed by atoms with Gasteiger partial charge < -0.3 is 5.32 Å². The van der Waals surface area contributed by atoms with Crippen molar-refractivity contribution in [3.8, 4) is 11.3 Å². The Morgan fingerprint density at radius 3 is 2.64 bits per heavy atom. The molecule has 0 aliphatic heterocycles. The van der Waals surface area contributed by atoms with Crippen LogP contribution in [0.15, 0.2) is 55.1 Å². The predicted octanol–water partition coefficient (Wildman–Crippen LogP) is 4.13. The second-order valence-corrected chi connectivity index (χ2v) is 6.19. The third-order valence-electron chi connectivity index (χ3n) is 4.23. The molecule has 0 saturated heterocycles. The van der Waals surface area contributed by atoms with E-state index >= 15 is 0 Å². The van der Waals surface area contributed by atoms with E-state index in [9.17, 15) is 13.2 Å². The van der Waals surface area contributed by atoms with Gasteiger partial charge >= 0.3 is 6.18 Å². The Morgan fingerprint density at radius 1 is 1.07 bits per heavy atom. The third kappa shape index (κ3) is 3.38. The fourth-order valence-corrected chi connectivity index (χ4v) is 2.93. The molecule has 4 aromatic rings. The number of nitrogens with zero attached hydrogens (tertiary/aromatic N) is 5. The molecule has 3 aromatic heterocycles. The molecule has 3 heterocycles. The Hall–Kier alpha value is -3.49. The van der Waals surface area contributed by atoms with Gasteiger partial charge in [0.2, 0.25) is 0 Å². The molecule has 142 valence electrons. The van der Waals surface area contributed by atoms with E-state index in [-0.39, 0.29) is 11.3 Å². The minimum atomic E-state index is -4.47. The summed E-state index contributed by atoms with van der Waals surface area (Å²) in [5.41, 5.74) is 1.51. The van der Waals surface area contributed by atoms with E-state index < -0.39 is 11.7 Å². The smallest absolute Gasteiger partial charge is 0.363 e. The van der Waals surface area contributed by atoms with E-state index in [1.54, 1.807) is 43.8 Å². The summed E-state index contributed by atoms with van der Waals surface area (Å²) in [7, 11) is 0. The summed E-state index contributed by atoms with van der Waals surface area (Å²) in [6.07, 6.45) is 1.90. The van der Waals surface area contributed by atoms with Crippen LogP contribution < -0.4 is 5.32 Å². The largest absolute Gasteiger partial charge is 0.417 e. The summed E-state index contributed by atoms with van der Waals surface area (Å²) in [6.45, 7) is 2.17. The van der Waals surface area contributed by atoms with E-state index in [1.807, 2.05) is 0 Å². The highest BCUT2D eigenvalue weighted by Crippen LogP contribution is 2.36. The Balaban J connectivity index is 1.76. The molecule has 6 nitrogen and oxygen atoms in total. The first-order valence-corrected chi connectivity index (χ1v) is 8.44. The van der Waals surface area contributed by atoms with E-state index in [0.717, 1.165) is 11.6 Å². The van der Waals surface area contributed by atoms with Crippen LogP contribution >= 0.6 is 0 Å². The van der Waals surface area contributed by atoms with Gasteiger partial charge in [0.25, 0.3) is 0 Å². The zero-order chi connectivity index (χ0) is 19.7. The molecule has 1 N–H and O–H groups in total. The number of imidazole rings is 1. The van der Waals surface area contributed by atoms with Gasteiger partial charge in [-0.05, 0) is 24.6 Å². The van der Waals surface area contributed by atoms with Crippen molar-refractivity contribution in [3.05, 3.63) is 71.9 Å². The summed E-state index contributed by atoms with van der Waals surface area (Å²) >= 11 is 0. The lowest BCUT2D eigenvalue weighted by Crippen LogP contribution is -2.09. The van der Waals surface area contributed by atoms with Crippen LogP contribution in [0.4, 0.5) is 19.0 Å². The van der Waals surface area contributed by atoms with E-state index in [4.69, 9.17) is 0 Å². The highest BCUT2D eigenvalue weighted by atomic mass is 19.4. The van der Waals surface area contributed by atoms with Gasteiger partial charge in [0, 0.05) is 18.0 Å². The average Bonchev–Trinajstić information content (AvgIpc) is 3.10. The van der Waals surface area contributed by atoms with Gasteiger partial charge in [-0.15, -0.1) is 0 Å². The molecule has 0 unspecified atom stereocenters. The van der Waals surface area contributed by atoms with Gasteiger partial charge in [-0.25, -0.2) is 4.98 Å². The second kappa shape index (κ2) is 6.91. The number of anilines is 1. The summed E-state index contributed by atoms with van der Waals surface area (Å²) in [6, 6.07) is 7.01. The Bertz CT molecular complexity index is 1120. The lowest BCUT2D eigenvalue weighted by atomic mass is 10.0. The number of alkyl halides is 3. The quantitative estimate of drug-likeness (QED) is 0.573. The average molecular weight is 384 g/mol. The van der Waals surface area contributed by atoms with Gasteiger partial charge in [-0.1, -0.05) is 18.2 Å². The highest BCUT2D eigenvalue weighted by Gasteiger charge is 2.33. The number of nitrogens with one attached hydrogen (secondary N) is 1. The number of fused-ring (bicyclic) bond motifs is 1. The zero-order valence-corrected chi connectivity index (χ0v) is 14.8. The van der Waals surface area contributed by atoms with Crippen LogP contribution in [-0.4, -0.2) is 24.6 Å². The minimum Gasteiger partial charge on any atom is -0.363 e. The Morgan fingerprint density at radius 2 is 1.89 bits per heavy atom. The van der Waals surface area contributed by atoms with Crippen LogP contribution in [0.5, 0.6) is 0 Å². The van der Waals surface area contributed by atoms with Crippen molar-refractivity contribution in [2.75, 3.05) is 5.32 Å². The number of halogens is 3. The maximum absolute atomic E-state index is 13.4. The molecule has 0 fully saturated rings. The maximum Gasteiger partial charge on any atom is 0.417 e. The minimum absolute atomic E-state index is 0.0218. The third-order valence-corrected chi connectivity index (χ3v) is 4.23. The Labute approximate surface area is 158 Å². The van der Waals surface area contributed by atoms with Crippen molar-refractivity contribution >= 4 is 11.5 Å². The molecule has 4 rings (SSSR count). The molecule has 0 saturated carbocycles. The monoisotopic (exact) mass is 384 g/mol. The molecule has 9 heteroatoms. The standard InChI is InChI=1S/C19H15F3N6/c1-12-8-16(14-4-2-3-5-15(14)19(20,21)22)27-28-17(11-26-18(12)28)25-10-13-9-23-6-7-24-13/h2-9,11,25H,10H2,1H3. The van der Waals surface area contributed by atoms with Crippen LogP contribution in [-0.2, 0) is 12.7 Å². The molecular weight excluding hydrogens is 369 g/mol. The topological polar surface area (TPSA) is 68.0 Å². The molecule has 0 atom stereocenters. The molecule has 0 aliphatic carbocycles. The maximum atomic E-state index is 13.4. The van der Waals surface area contributed by atoms with Gasteiger partial charge in [-0.3, -0.25) is 9.97 Å². The summed E-state index contributed by atoms with van der Waals surface area (Å²) in [4.78, 5) is 12.5. The molecule has 0 aliphatic rings. The number of aromatic nitrogens is 5. The molecule has 28 heavy (non-hydrogen) atoms. The molecule has 0 radical (unpaired) electrons. The molecule has 0 amide bonds. The summed E-state index contributed by atoms with van der Waals surface area (Å²) in [5, 5.41) is 7.56. The van der Waals surface area contributed by atoms with Gasteiger partial charge in [-0.2, -0.15) is 22.8 Å². The number of hydrogen-bond acceptors (Lipinski definition) is 5. The highest BCUT2D eigenvalue weighted by molar-refractivity contribution is 5.68. The van der Waals surface area contributed by atoms with Crippen LogP contribution in [0, 0.1) is 6.92 Å². The first kappa shape index (κ1) is 17.9. The normalized spacial score (nSPS) is 11.7. The van der Waals surface area contributed by atoms with Crippen LogP contribution in [0.25, 0.3) is 16.9 Å². The molecule has 1 aromatic carbocycles. The number of hydrogen-bond donors (Lipinski definition) is 1. The number of benzene rings is 1. The van der Waals surface area contributed by atoms with Crippen molar-refractivity contribution in [2.24, 2.45) is 0 Å². The lowest BCUT2D eigenvalue weighted by Gasteiger charge is -2.13. The summed E-state index contributed by atoms with van der Waals surface area (Å²) in [5.74, 6) is 0.551. The van der Waals surface area contributed by atoms with Crippen molar-refractivity contribution in [2.45, 2.75) is 19.6 Å². The van der Waals surface area contributed by atoms with Crippen molar-refractivity contribution in [1.29, 1.82) is 0 Å². The predicted molar refractivity (Wildman–Crippen MR) is 97.5 cm³/mol. The fraction of sp³-hybridized carbons (Fsp3) is 0.158. The van der Waals surface area contributed by atoms with Crippen LogP contribution in [0.3, 0.4) is 0 Å². The van der Waals surface area contributed by atoms with Crippen molar-refractivity contribution in [3.63, 3.8) is 0 Å². The SMILES string of the molecule is Cc1cc(-c2ccccc2C(F)(F)F)nn2c(NCc3cnccn3)cnc12. The van der Waals surface area contributed by atoms with Gasteiger partial charge in [0.15, 0.2) is 5.65 Å².